The van der Waals surface area contributed by atoms with Crippen LogP contribution in [0.3, 0.4) is 0 Å². The highest BCUT2D eigenvalue weighted by molar-refractivity contribution is 6.03. The van der Waals surface area contributed by atoms with Crippen LogP contribution >= 0.6 is 0 Å². The predicted molar refractivity (Wildman–Crippen MR) is 132 cm³/mol. The van der Waals surface area contributed by atoms with Crippen LogP contribution in [0, 0.1) is 6.92 Å². The van der Waals surface area contributed by atoms with Gasteiger partial charge < -0.3 is 16.0 Å². The molecular weight excluding hydrogens is 428 g/mol. The van der Waals surface area contributed by atoms with Crippen molar-refractivity contribution in [1.82, 2.24) is 24.9 Å². The zero-order chi connectivity index (χ0) is 23.3. The van der Waals surface area contributed by atoms with Gasteiger partial charge in [-0.05, 0) is 55.5 Å². The van der Waals surface area contributed by atoms with Gasteiger partial charge in [0.2, 0.25) is 0 Å². The van der Waals surface area contributed by atoms with Crippen molar-refractivity contribution in [3.05, 3.63) is 96.7 Å². The average Bonchev–Trinajstić information content (AvgIpc) is 2.85. The third-order valence-corrected chi connectivity index (χ3v) is 4.86. The molecule has 0 spiro atoms. The van der Waals surface area contributed by atoms with Gasteiger partial charge in [0.25, 0.3) is 5.91 Å². The summed E-state index contributed by atoms with van der Waals surface area (Å²) in [5, 5.41) is 9.27. The molecule has 0 saturated carbocycles. The van der Waals surface area contributed by atoms with E-state index >= 15 is 0 Å². The Labute approximate surface area is 195 Å². The molecule has 1 amide bonds. The van der Waals surface area contributed by atoms with Crippen molar-refractivity contribution in [1.29, 1.82) is 0 Å². The zero-order valence-corrected chi connectivity index (χ0v) is 18.2. The van der Waals surface area contributed by atoms with Crippen LogP contribution in [0.15, 0.2) is 85.2 Å². The van der Waals surface area contributed by atoms with Crippen molar-refractivity contribution >= 4 is 45.8 Å². The van der Waals surface area contributed by atoms with Crippen molar-refractivity contribution < 1.29 is 4.79 Å². The van der Waals surface area contributed by atoms with Crippen molar-refractivity contribution in [3.8, 4) is 0 Å². The summed E-state index contributed by atoms with van der Waals surface area (Å²) in [5.41, 5.74) is 3.12. The Morgan fingerprint density at radius 3 is 2.18 bits per heavy atom. The molecule has 0 bridgehead atoms. The van der Waals surface area contributed by atoms with Crippen LogP contribution < -0.4 is 16.0 Å². The summed E-state index contributed by atoms with van der Waals surface area (Å²) in [6.45, 7) is 1.82. The van der Waals surface area contributed by atoms with Gasteiger partial charge >= 0.3 is 0 Å². The highest BCUT2D eigenvalue weighted by Crippen LogP contribution is 2.21. The molecule has 0 unspecified atom stereocenters. The van der Waals surface area contributed by atoms with Gasteiger partial charge in [0, 0.05) is 23.6 Å². The minimum Gasteiger partial charge on any atom is -0.340 e. The number of hydrogen-bond acceptors (Lipinski definition) is 8. The number of carbonyl (C=O) groups excluding carboxylic acids is 1. The molecule has 9 heteroatoms. The molecule has 0 fully saturated rings. The molecule has 0 saturated heterocycles. The van der Waals surface area contributed by atoms with Crippen LogP contribution in [-0.4, -0.2) is 30.8 Å². The fourth-order valence-corrected chi connectivity index (χ4v) is 3.31. The second-order valence-electron chi connectivity index (χ2n) is 7.43. The Morgan fingerprint density at radius 1 is 0.706 bits per heavy atom. The van der Waals surface area contributed by atoms with Crippen LogP contribution in [0.4, 0.5) is 28.8 Å². The Balaban J connectivity index is 1.26. The topological polar surface area (TPSA) is 118 Å². The first-order valence-electron chi connectivity index (χ1n) is 10.6. The average molecular weight is 448 g/mol. The molecule has 34 heavy (non-hydrogen) atoms. The molecule has 0 aliphatic heterocycles. The largest absolute Gasteiger partial charge is 0.340 e. The minimum atomic E-state index is -0.323. The summed E-state index contributed by atoms with van der Waals surface area (Å²) in [4.78, 5) is 34.4. The number of nitrogens with one attached hydrogen (secondary N) is 3. The van der Waals surface area contributed by atoms with Gasteiger partial charge in [0.1, 0.15) is 29.0 Å². The highest BCUT2D eigenvalue weighted by atomic mass is 16.1. The van der Waals surface area contributed by atoms with E-state index in [1.54, 1.807) is 24.4 Å². The first-order chi connectivity index (χ1) is 16.6. The van der Waals surface area contributed by atoms with Crippen molar-refractivity contribution in [2.24, 2.45) is 0 Å². The molecule has 2 aromatic carbocycles. The lowest BCUT2D eigenvalue weighted by Gasteiger charge is -2.11. The molecule has 0 aliphatic rings. The Hall–Kier alpha value is -4.92. The summed E-state index contributed by atoms with van der Waals surface area (Å²) in [6.07, 6.45) is 3.18. The molecule has 3 heterocycles. The van der Waals surface area contributed by atoms with Gasteiger partial charge in [-0.15, -0.1) is 0 Å². The van der Waals surface area contributed by atoms with E-state index in [0.717, 1.165) is 11.2 Å². The monoisotopic (exact) mass is 448 g/mol. The van der Waals surface area contributed by atoms with Gasteiger partial charge in [-0.25, -0.2) is 19.9 Å². The van der Waals surface area contributed by atoms with E-state index in [4.69, 9.17) is 0 Å². The third kappa shape index (κ3) is 4.94. The Bertz CT molecular complexity index is 1460. The van der Waals surface area contributed by atoms with Crippen LogP contribution in [-0.2, 0) is 0 Å². The van der Waals surface area contributed by atoms with Crippen LogP contribution in [0.25, 0.3) is 11.0 Å². The van der Waals surface area contributed by atoms with Gasteiger partial charge in [-0.1, -0.05) is 18.2 Å². The number of carbonyl (C=O) groups is 1. The Morgan fingerprint density at radius 2 is 1.41 bits per heavy atom. The summed E-state index contributed by atoms with van der Waals surface area (Å²) >= 11 is 0. The van der Waals surface area contributed by atoms with E-state index in [-0.39, 0.29) is 11.6 Å². The quantitative estimate of drug-likeness (QED) is 0.337. The molecule has 0 aliphatic carbocycles. The molecule has 0 atom stereocenters. The number of aryl methyl sites for hydroxylation is 1. The summed E-state index contributed by atoms with van der Waals surface area (Å²) in [7, 11) is 0. The van der Waals surface area contributed by atoms with E-state index in [1.165, 1.54) is 6.20 Å². The number of nitrogens with zero attached hydrogens (tertiary/aromatic N) is 5. The number of fused-ring (bicyclic) bond motifs is 1. The van der Waals surface area contributed by atoms with Crippen LogP contribution in [0.2, 0.25) is 0 Å². The van der Waals surface area contributed by atoms with Gasteiger partial charge in [0.05, 0.1) is 17.2 Å². The number of aromatic nitrogens is 5. The first kappa shape index (κ1) is 21.0. The second-order valence-corrected chi connectivity index (χ2v) is 7.43. The first-order valence-corrected chi connectivity index (χ1v) is 10.6. The summed E-state index contributed by atoms with van der Waals surface area (Å²) < 4.78 is 0. The third-order valence-electron chi connectivity index (χ3n) is 4.86. The zero-order valence-electron chi connectivity index (χ0n) is 18.2. The lowest BCUT2D eigenvalue weighted by Crippen LogP contribution is -2.14. The minimum absolute atomic E-state index is 0.255. The molecule has 166 valence electrons. The van der Waals surface area contributed by atoms with Gasteiger partial charge in [-0.3, -0.25) is 9.78 Å². The summed E-state index contributed by atoms with van der Waals surface area (Å²) in [5.74, 6) is 2.26. The second kappa shape index (κ2) is 9.29. The number of benzene rings is 2. The number of para-hydroxylation sites is 2. The van der Waals surface area contributed by atoms with E-state index in [0.29, 0.717) is 34.5 Å². The molecular formula is C25H20N8O. The maximum Gasteiger partial charge on any atom is 0.275 e. The fraction of sp³-hybridized carbons (Fsp3) is 0.0400. The fourth-order valence-electron chi connectivity index (χ4n) is 3.31. The van der Waals surface area contributed by atoms with Gasteiger partial charge in [-0.2, -0.15) is 0 Å². The van der Waals surface area contributed by atoms with Gasteiger partial charge in [0.15, 0.2) is 0 Å². The van der Waals surface area contributed by atoms with Crippen molar-refractivity contribution in [2.45, 2.75) is 6.92 Å². The SMILES string of the molecule is Cc1nc(Nc2ccc(NC(=O)c3cnc4ccccc4n3)cc2)cc(Nc2ccccn2)n1. The molecule has 0 radical (unpaired) electrons. The molecule has 9 nitrogen and oxygen atoms in total. The standard InChI is InChI=1S/C25H20N8O/c1-16-28-23(14-24(29-16)33-22-8-4-5-13-26-22)30-17-9-11-18(12-10-17)31-25(34)21-15-27-19-6-2-3-7-20(19)32-21/h2-15H,1H3,(H,31,34)(H2,26,28,29,30,33). The number of anilines is 5. The predicted octanol–water partition coefficient (Wildman–Crippen LogP) is 4.86. The maximum atomic E-state index is 12.6. The van der Waals surface area contributed by atoms with E-state index in [1.807, 2.05) is 61.5 Å². The number of hydrogen-bond donors (Lipinski definition) is 3. The van der Waals surface area contributed by atoms with E-state index in [9.17, 15) is 4.79 Å². The number of rotatable bonds is 6. The molecule has 3 N–H and O–H groups in total. The number of amides is 1. The lowest BCUT2D eigenvalue weighted by atomic mass is 10.2. The smallest absolute Gasteiger partial charge is 0.275 e. The maximum absolute atomic E-state index is 12.6. The van der Waals surface area contributed by atoms with Crippen LogP contribution in [0.1, 0.15) is 16.3 Å². The van der Waals surface area contributed by atoms with E-state index in [2.05, 4.69) is 40.9 Å². The highest BCUT2D eigenvalue weighted by Gasteiger charge is 2.10. The Kier molecular flexibility index (Phi) is 5.73. The summed E-state index contributed by atoms with van der Waals surface area (Å²) in [6, 6.07) is 22.1. The molecule has 5 rings (SSSR count). The van der Waals surface area contributed by atoms with Crippen LogP contribution in [0.5, 0.6) is 0 Å². The van der Waals surface area contributed by atoms with Crippen molar-refractivity contribution in [3.63, 3.8) is 0 Å². The van der Waals surface area contributed by atoms with Crippen molar-refractivity contribution in [2.75, 3.05) is 16.0 Å². The lowest BCUT2D eigenvalue weighted by molar-refractivity contribution is 0.102. The van der Waals surface area contributed by atoms with E-state index < -0.39 is 0 Å². The molecule has 3 aromatic heterocycles. The molecule has 5 aromatic rings. The normalized spacial score (nSPS) is 10.6. The number of pyridine rings is 1.